The van der Waals surface area contributed by atoms with Crippen LogP contribution >= 0.6 is 11.6 Å². The van der Waals surface area contributed by atoms with Crippen LogP contribution in [0.2, 0.25) is 5.02 Å². The molecule has 6 heteroatoms. The number of carbonyl (C=O) groups is 1. The molecule has 0 aliphatic rings. The van der Waals surface area contributed by atoms with Gasteiger partial charge in [-0.1, -0.05) is 11.6 Å². The summed E-state index contributed by atoms with van der Waals surface area (Å²) in [6.45, 7) is 0. The van der Waals surface area contributed by atoms with E-state index in [1.54, 1.807) is 36.5 Å². The van der Waals surface area contributed by atoms with Gasteiger partial charge in [0, 0.05) is 11.6 Å². The van der Waals surface area contributed by atoms with Crippen molar-refractivity contribution in [1.82, 2.24) is 9.97 Å². The topological polar surface area (TPSA) is 80.9 Å². The molecule has 0 bridgehead atoms. The predicted octanol–water partition coefficient (Wildman–Crippen LogP) is 3.12. The largest absolute Gasteiger partial charge is 0.397 e. The van der Waals surface area contributed by atoms with Crippen LogP contribution < -0.4 is 11.1 Å². The standard InChI is InChI=1S/C15H11ClN4O/c16-11-4-6-12(10-2-1-7-18-14(10)11)20-15(21)13-5-3-9(17)8-19-13/h1-8H,17H2,(H,20,21). The summed E-state index contributed by atoms with van der Waals surface area (Å²) >= 11 is 6.10. The first-order chi connectivity index (χ1) is 10.1. The summed E-state index contributed by atoms with van der Waals surface area (Å²) in [5.41, 5.74) is 7.62. The van der Waals surface area contributed by atoms with Crippen molar-refractivity contribution in [2.45, 2.75) is 0 Å². The van der Waals surface area contributed by atoms with E-state index in [0.29, 0.717) is 21.9 Å². The molecule has 5 nitrogen and oxygen atoms in total. The number of amides is 1. The normalized spacial score (nSPS) is 10.5. The van der Waals surface area contributed by atoms with Crippen molar-refractivity contribution in [3.8, 4) is 0 Å². The van der Waals surface area contributed by atoms with E-state index in [2.05, 4.69) is 15.3 Å². The zero-order valence-corrected chi connectivity index (χ0v) is 11.6. The molecule has 0 atom stereocenters. The third kappa shape index (κ3) is 2.64. The van der Waals surface area contributed by atoms with Gasteiger partial charge in [-0.2, -0.15) is 0 Å². The molecule has 1 aromatic carbocycles. The zero-order chi connectivity index (χ0) is 14.8. The number of fused-ring (bicyclic) bond motifs is 1. The Bertz CT molecular complexity index is 818. The second-order valence-corrected chi connectivity index (χ2v) is 4.83. The van der Waals surface area contributed by atoms with Crippen molar-refractivity contribution >= 4 is 39.8 Å². The molecule has 0 spiro atoms. The van der Waals surface area contributed by atoms with Crippen molar-refractivity contribution in [3.63, 3.8) is 0 Å². The summed E-state index contributed by atoms with van der Waals surface area (Å²) in [5.74, 6) is -0.317. The molecule has 3 rings (SSSR count). The Morgan fingerprint density at radius 2 is 2.00 bits per heavy atom. The second-order valence-electron chi connectivity index (χ2n) is 4.43. The number of nitrogen functional groups attached to an aromatic ring is 1. The highest BCUT2D eigenvalue weighted by molar-refractivity contribution is 6.35. The maximum Gasteiger partial charge on any atom is 0.274 e. The number of pyridine rings is 2. The molecular weight excluding hydrogens is 288 g/mol. The minimum absolute atomic E-state index is 0.288. The van der Waals surface area contributed by atoms with Gasteiger partial charge in [-0.3, -0.25) is 9.78 Å². The van der Waals surface area contributed by atoms with Gasteiger partial charge in [0.1, 0.15) is 5.69 Å². The molecule has 3 aromatic rings. The highest BCUT2D eigenvalue weighted by atomic mass is 35.5. The average Bonchev–Trinajstić information content (AvgIpc) is 2.51. The average molecular weight is 299 g/mol. The Balaban J connectivity index is 1.97. The van der Waals surface area contributed by atoms with E-state index in [0.717, 1.165) is 5.39 Å². The summed E-state index contributed by atoms with van der Waals surface area (Å²) in [6.07, 6.45) is 3.10. The van der Waals surface area contributed by atoms with Gasteiger partial charge in [-0.15, -0.1) is 0 Å². The number of hydrogen-bond acceptors (Lipinski definition) is 4. The Morgan fingerprint density at radius 3 is 2.76 bits per heavy atom. The molecule has 21 heavy (non-hydrogen) atoms. The lowest BCUT2D eigenvalue weighted by molar-refractivity contribution is 0.102. The lowest BCUT2D eigenvalue weighted by atomic mass is 10.1. The number of nitrogens with zero attached hydrogens (tertiary/aromatic N) is 2. The van der Waals surface area contributed by atoms with Crippen molar-refractivity contribution in [1.29, 1.82) is 0 Å². The van der Waals surface area contributed by atoms with Crippen LogP contribution in [-0.2, 0) is 0 Å². The number of anilines is 2. The smallest absolute Gasteiger partial charge is 0.274 e. The number of hydrogen-bond donors (Lipinski definition) is 2. The van der Waals surface area contributed by atoms with E-state index in [1.165, 1.54) is 6.20 Å². The van der Waals surface area contributed by atoms with Crippen LogP contribution in [0.3, 0.4) is 0 Å². The van der Waals surface area contributed by atoms with Gasteiger partial charge < -0.3 is 11.1 Å². The van der Waals surface area contributed by atoms with Crippen molar-refractivity contribution < 1.29 is 4.79 Å². The van der Waals surface area contributed by atoms with Gasteiger partial charge >= 0.3 is 0 Å². The molecule has 0 saturated heterocycles. The fraction of sp³-hybridized carbons (Fsp3) is 0. The highest BCUT2D eigenvalue weighted by Crippen LogP contribution is 2.28. The number of rotatable bonds is 2. The molecule has 0 unspecified atom stereocenters. The van der Waals surface area contributed by atoms with E-state index in [1.807, 2.05) is 6.07 Å². The number of aromatic nitrogens is 2. The number of carbonyl (C=O) groups excluding carboxylic acids is 1. The van der Waals surface area contributed by atoms with Gasteiger partial charge in [0.2, 0.25) is 0 Å². The van der Waals surface area contributed by atoms with E-state index >= 15 is 0 Å². The number of halogens is 1. The second kappa shape index (κ2) is 5.38. The zero-order valence-electron chi connectivity index (χ0n) is 10.9. The minimum atomic E-state index is -0.317. The number of nitrogens with two attached hydrogens (primary N) is 1. The Kier molecular flexibility index (Phi) is 3.41. The summed E-state index contributed by atoms with van der Waals surface area (Å²) in [4.78, 5) is 20.4. The van der Waals surface area contributed by atoms with Gasteiger partial charge in [0.15, 0.2) is 0 Å². The molecule has 3 N–H and O–H groups in total. The summed E-state index contributed by atoms with van der Waals surface area (Å²) in [6, 6.07) is 10.3. The molecule has 0 radical (unpaired) electrons. The van der Waals surface area contributed by atoms with Crippen molar-refractivity contribution in [3.05, 3.63) is 59.5 Å². The molecule has 104 valence electrons. The van der Waals surface area contributed by atoms with E-state index in [9.17, 15) is 4.79 Å². The number of benzene rings is 1. The summed E-state index contributed by atoms with van der Waals surface area (Å²) < 4.78 is 0. The third-order valence-corrected chi connectivity index (χ3v) is 3.29. The molecule has 2 heterocycles. The fourth-order valence-electron chi connectivity index (χ4n) is 1.97. The molecule has 0 saturated carbocycles. The van der Waals surface area contributed by atoms with E-state index < -0.39 is 0 Å². The van der Waals surface area contributed by atoms with Crippen LogP contribution in [0.4, 0.5) is 11.4 Å². The molecule has 0 fully saturated rings. The monoisotopic (exact) mass is 298 g/mol. The molecule has 0 aliphatic heterocycles. The molecule has 0 aliphatic carbocycles. The first kappa shape index (κ1) is 13.3. The van der Waals surface area contributed by atoms with Crippen molar-refractivity contribution in [2.24, 2.45) is 0 Å². The van der Waals surface area contributed by atoms with Crippen LogP contribution in [-0.4, -0.2) is 15.9 Å². The summed E-state index contributed by atoms with van der Waals surface area (Å²) in [5, 5.41) is 4.12. The fourth-order valence-corrected chi connectivity index (χ4v) is 2.19. The van der Waals surface area contributed by atoms with Gasteiger partial charge in [-0.25, -0.2) is 4.98 Å². The quantitative estimate of drug-likeness (QED) is 0.761. The maximum absolute atomic E-state index is 12.2. The van der Waals surface area contributed by atoms with Crippen LogP contribution in [0.25, 0.3) is 10.9 Å². The van der Waals surface area contributed by atoms with Crippen LogP contribution in [0.5, 0.6) is 0 Å². The third-order valence-electron chi connectivity index (χ3n) is 2.99. The van der Waals surface area contributed by atoms with Crippen LogP contribution in [0.1, 0.15) is 10.5 Å². The predicted molar refractivity (Wildman–Crippen MR) is 83.4 cm³/mol. The maximum atomic E-state index is 12.2. The van der Waals surface area contributed by atoms with Gasteiger partial charge in [-0.05, 0) is 36.4 Å². The van der Waals surface area contributed by atoms with Crippen LogP contribution in [0.15, 0.2) is 48.8 Å². The van der Waals surface area contributed by atoms with Gasteiger partial charge in [0.05, 0.1) is 28.1 Å². The Hall–Kier alpha value is -2.66. The molecule has 2 aromatic heterocycles. The first-order valence-corrected chi connectivity index (χ1v) is 6.59. The first-order valence-electron chi connectivity index (χ1n) is 6.21. The molecule has 1 amide bonds. The SMILES string of the molecule is Nc1ccc(C(=O)Nc2ccc(Cl)c3ncccc23)nc1. The minimum Gasteiger partial charge on any atom is -0.397 e. The summed E-state index contributed by atoms with van der Waals surface area (Å²) in [7, 11) is 0. The van der Waals surface area contributed by atoms with E-state index in [4.69, 9.17) is 17.3 Å². The Labute approximate surface area is 125 Å². The van der Waals surface area contributed by atoms with Crippen LogP contribution in [0, 0.1) is 0 Å². The van der Waals surface area contributed by atoms with Gasteiger partial charge in [0.25, 0.3) is 5.91 Å². The lowest BCUT2D eigenvalue weighted by Crippen LogP contribution is -2.14. The highest BCUT2D eigenvalue weighted by Gasteiger charge is 2.11. The number of nitrogens with one attached hydrogen (secondary N) is 1. The van der Waals surface area contributed by atoms with E-state index in [-0.39, 0.29) is 11.6 Å². The van der Waals surface area contributed by atoms with Crippen molar-refractivity contribution in [2.75, 3.05) is 11.1 Å². The Morgan fingerprint density at radius 1 is 1.14 bits per heavy atom. The molecular formula is C15H11ClN4O. The lowest BCUT2D eigenvalue weighted by Gasteiger charge is -2.09.